The first-order valence-electron chi connectivity index (χ1n) is 10.4. The second-order valence-corrected chi connectivity index (χ2v) is 8.32. The van der Waals surface area contributed by atoms with Gasteiger partial charge in [-0.05, 0) is 62.2 Å². The van der Waals surface area contributed by atoms with E-state index in [-0.39, 0.29) is 11.9 Å². The lowest BCUT2D eigenvalue weighted by Crippen LogP contribution is -2.53. The zero-order valence-corrected chi connectivity index (χ0v) is 17.6. The summed E-state index contributed by atoms with van der Waals surface area (Å²) in [6, 6.07) is 18.8. The summed E-state index contributed by atoms with van der Waals surface area (Å²) in [5.41, 5.74) is 5.01. The van der Waals surface area contributed by atoms with Crippen molar-refractivity contribution in [2.24, 2.45) is 0 Å². The molecular formula is C25H25N3O2. The molecule has 1 amide bonds. The highest BCUT2D eigenvalue weighted by molar-refractivity contribution is 5.98. The normalized spacial score (nSPS) is 17.1. The summed E-state index contributed by atoms with van der Waals surface area (Å²) in [5, 5.41) is 1.91. The molecule has 1 aliphatic rings. The fourth-order valence-electron chi connectivity index (χ4n) is 4.33. The van der Waals surface area contributed by atoms with Crippen LogP contribution < -0.4 is 4.90 Å². The van der Waals surface area contributed by atoms with Crippen molar-refractivity contribution in [1.29, 1.82) is 0 Å². The van der Waals surface area contributed by atoms with Crippen molar-refractivity contribution in [2.45, 2.75) is 26.8 Å². The number of carbonyl (C=O) groups is 1. The third-order valence-electron chi connectivity index (χ3n) is 5.92. The van der Waals surface area contributed by atoms with Gasteiger partial charge < -0.3 is 14.2 Å². The van der Waals surface area contributed by atoms with Gasteiger partial charge in [-0.2, -0.15) is 0 Å². The van der Waals surface area contributed by atoms with Gasteiger partial charge in [0.05, 0.1) is 5.52 Å². The Hall–Kier alpha value is -3.34. The van der Waals surface area contributed by atoms with E-state index in [9.17, 15) is 4.79 Å². The van der Waals surface area contributed by atoms with Crippen LogP contribution in [0.15, 0.2) is 59.0 Å². The van der Waals surface area contributed by atoms with E-state index in [1.807, 2.05) is 30.0 Å². The Kier molecular flexibility index (Phi) is 4.46. The van der Waals surface area contributed by atoms with Gasteiger partial charge in [-0.15, -0.1) is 0 Å². The van der Waals surface area contributed by atoms with E-state index in [0.29, 0.717) is 24.6 Å². The molecule has 5 rings (SSSR count). The van der Waals surface area contributed by atoms with Crippen LogP contribution in [-0.4, -0.2) is 41.5 Å². The molecule has 0 radical (unpaired) electrons. The first kappa shape index (κ1) is 18.7. The van der Waals surface area contributed by atoms with Crippen molar-refractivity contribution in [2.75, 3.05) is 24.5 Å². The van der Waals surface area contributed by atoms with Crippen LogP contribution in [0.25, 0.3) is 22.0 Å². The summed E-state index contributed by atoms with van der Waals surface area (Å²) < 4.78 is 5.88. The minimum atomic E-state index is -0.0658. The molecule has 0 saturated carbocycles. The average Bonchev–Trinajstić information content (AvgIpc) is 3.14. The zero-order chi connectivity index (χ0) is 20.8. The highest BCUT2D eigenvalue weighted by Gasteiger charge is 2.29. The van der Waals surface area contributed by atoms with Crippen LogP contribution in [0.3, 0.4) is 0 Å². The number of furan rings is 1. The number of aryl methyl sites for hydroxylation is 2. The Labute approximate surface area is 175 Å². The molecule has 5 heteroatoms. The number of carbonyl (C=O) groups excluding carboxylic acids is 1. The first-order valence-corrected chi connectivity index (χ1v) is 10.4. The quantitative estimate of drug-likeness (QED) is 0.479. The Morgan fingerprint density at radius 3 is 2.63 bits per heavy atom. The Bertz CT molecular complexity index is 1260. The van der Waals surface area contributed by atoms with Crippen LogP contribution in [0.1, 0.15) is 28.6 Å². The van der Waals surface area contributed by atoms with Crippen LogP contribution >= 0.6 is 0 Å². The van der Waals surface area contributed by atoms with E-state index in [1.54, 1.807) is 0 Å². The number of anilines is 1. The van der Waals surface area contributed by atoms with E-state index in [4.69, 9.17) is 4.42 Å². The predicted octanol–water partition coefficient (Wildman–Crippen LogP) is 4.95. The maximum atomic E-state index is 13.1. The number of piperazine rings is 1. The lowest BCUT2D eigenvalue weighted by molar-refractivity contribution is 0.0696. The van der Waals surface area contributed by atoms with Crippen molar-refractivity contribution in [3.63, 3.8) is 0 Å². The van der Waals surface area contributed by atoms with Crippen molar-refractivity contribution in [3.05, 3.63) is 71.5 Å². The summed E-state index contributed by atoms with van der Waals surface area (Å²) in [7, 11) is 0. The van der Waals surface area contributed by atoms with Gasteiger partial charge in [-0.25, -0.2) is 4.98 Å². The molecule has 4 aromatic rings. The summed E-state index contributed by atoms with van der Waals surface area (Å²) in [6.07, 6.45) is 0. The number of pyridine rings is 1. The molecule has 1 fully saturated rings. The van der Waals surface area contributed by atoms with Crippen molar-refractivity contribution < 1.29 is 9.21 Å². The summed E-state index contributed by atoms with van der Waals surface area (Å²) >= 11 is 0. The van der Waals surface area contributed by atoms with Crippen LogP contribution in [0, 0.1) is 13.8 Å². The van der Waals surface area contributed by atoms with Gasteiger partial charge in [0.15, 0.2) is 5.76 Å². The highest BCUT2D eigenvalue weighted by Crippen LogP contribution is 2.26. The minimum Gasteiger partial charge on any atom is -0.433 e. The maximum Gasteiger partial charge on any atom is 0.289 e. The van der Waals surface area contributed by atoms with Gasteiger partial charge in [0.1, 0.15) is 0 Å². The van der Waals surface area contributed by atoms with Gasteiger partial charge in [0.2, 0.25) is 5.71 Å². The van der Waals surface area contributed by atoms with Crippen molar-refractivity contribution in [3.8, 4) is 0 Å². The molecule has 30 heavy (non-hydrogen) atoms. The van der Waals surface area contributed by atoms with Crippen molar-refractivity contribution >= 4 is 33.6 Å². The monoisotopic (exact) mass is 399 g/mol. The third kappa shape index (κ3) is 3.30. The van der Waals surface area contributed by atoms with Gasteiger partial charge in [0.25, 0.3) is 5.91 Å². The van der Waals surface area contributed by atoms with Crippen LogP contribution in [0.2, 0.25) is 0 Å². The standard InChI is InChI=1S/C25H25N3O2/c1-16-5-4-6-21(11-16)28-10-9-27(15-18(28)3)25(29)23-14-20-13-19-8-7-17(2)12-22(19)26-24(20)30-23/h4-8,11-14,18H,9-10,15H2,1-3H3/t18-/m0/s1. The lowest BCUT2D eigenvalue weighted by Gasteiger charge is -2.41. The Balaban J connectivity index is 1.38. The fraction of sp³-hybridized carbons (Fsp3) is 0.280. The fourth-order valence-corrected chi connectivity index (χ4v) is 4.33. The van der Waals surface area contributed by atoms with Gasteiger partial charge >= 0.3 is 0 Å². The van der Waals surface area contributed by atoms with E-state index in [0.717, 1.165) is 28.4 Å². The molecule has 0 aliphatic carbocycles. The van der Waals surface area contributed by atoms with E-state index in [2.05, 4.69) is 60.1 Å². The number of fused-ring (bicyclic) bond motifs is 2. The summed E-state index contributed by atoms with van der Waals surface area (Å²) in [4.78, 5) is 22.0. The second kappa shape index (κ2) is 7.17. The molecule has 152 valence electrons. The molecule has 0 bridgehead atoms. The van der Waals surface area contributed by atoms with Gasteiger partial charge in [-0.3, -0.25) is 4.79 Å². The van der Waals surface area contributed by atoms with Crippen LogP contribution in [0.4, 0.5) is 5.69 Å². The molecule has 3 heterocycles. The number of hydrogen-bond donors (Lipinski definition) is 0. The summed E-state index contributed by atoms with van der Waals surface area (Å²) in [6.45, 7) is 8.45. The number of hydrogen-bond acceptors (Lipinski definition) is 4. The third-order valence-corrected chi connectivity index (χ3v) is 5.92. The van der Waals surface area contributed by atoms with E-state index < -0.39 is 0 Å². The molecular weight excluding hydrogens is 374 g/mol. The Morgan fingerprint density at radius 1 is 1.00 bits per heavy atom. The topological polar surface area (TPSA) is 49.6 Å². The van der Waals surface area contributed by atoms with Crippen LogP contribution in [0.5, 0.6) is 0 Å². The number of rotatable bonds is 2. The average molecular weight is 399 g/mol. The second-order valence-electron chi connectivity index (χ2n) is 8.32. The SMILES string of the molecule is Cc1cccc(N2CCN(C(=O)c3cc4cc5ccc(C)cc5nc4o3)C[C@@H]2C)c1. The van der Waals surface area contributed by atoms with Crippen molar-refractivity contribution in [1.82, 2.24) is 9.88 Å². The largest absolute Gasteiger partial charge is 0.433 e. The van der Waals surface area contributed by atoms with Gasteiger partial charge in [-0.1, -0.05) is 24.3 Å². The molecule has 2 aromatic heterocycles. The lowest BCUT2D eigenvalue weighted by atomic mass is 10.1. The first-order chi connectivity index (χ1) is 14.5. The molecule has 1 aliphatic heterocycles. The Morgan fingerprint density at radius 2 is 1.83 bits per heavy atom. The smallest absolute Gasteiger partial charge is 0.289 e. The summed E-state index contributed by atoms with van der Waals surface area (Å²) in [5.74, 6) is 0.296. The molecule has 1 saturated heterocycles. The number of nitrogens with zero attached hydrogens (tertiary/aromatic N) is 3. The van der Waals surface area contributed by atoms with Gasteiger partial charge in [0, 0.05) is 42.1 Å². The molecule has 0 unspecified atom stereocenters. The minimum absolute atomic E-state index is 0.0658. The number of amides is 1. The van der Waals surface area contributed by atoms with E-state index in [1.165, 1.54) is 11.3 Å². The van der Waals surface area contributed by atoms with Crippen LogP contribution in [-0.2, 0) is 0 Å². The predicted molar refractivity (Wildman–Crippen MR) is 120 cm³/mol. The molecule has 0 spiro atoms. The molecule has 0 N–H and O–H groups in total. The zero-order valence-electron chi connectivity index (χ0n) is 17.6. The molecule has 5 nitrogen and oxygen atoms in total. The number of benzene rings is 2. The molecule has 2 aromatic carbocycles. The van der Waals surface area contributed by atoms with E-state index >= 15 is 0 Å². The molecule has 1 atom stereocenters. The number of aromatic nitrogens is 1. The highest BCUT2D eigenvalue weighted by atomic mass is 16.4. The maximum absolute atomic E-state index is 13.1.